The van der Waals surface area contributed by atoms with Gasteiger partial charge >= 0.3 is 0 Å². The highest BCUT2D eigenvalue weighted by Gasteiger charge is 2.16. The minimum absolute atomic E-state index is 0.538. The first kappa shape index (κ1) is 19.3. The molecule has 0 N–H and O–H groups in total. The third kappa shape index (κ3) is 5.07. The summed E-state index contributed by atoms with van der Waals surface area (Å²) in [6.45, 7) is 5.51. The van der Waals surface area contributed by atoms with Crippen LogP contribution in [0, 0.1) is 0 Å². The predicted octanol–water partition coefficient (Wildman–Crippen LogP) is 4.69. The predicted molar refractivity (Wildman–Crippen MR) is 115 cm³/mol. The van der Waals surface area contributed by atoms with E-state index in [-0.39, 0.29) is 0 Å². The fraction of sp³-hybridized carbons (Fsp3) is 0.333. The molecule has 0 amide bonds. The Labute approximate surface area is 174 Å². The lowest BCUT2D eigenvalue weighted by molar-refractivity contribution is 0.259. The van der Waals surface area contributed by atoms with E-state index in [2.05, 4.69) is 50.3 Å². The van der Waals surface area contributed by atoms with Gasteiger partial charge in [-0.05, 0) is 49.4 Å². The van der Waals surface area contributed by atoms with Crippen molar-refractivity contribution >= 4 is 29.1 Å². The van der Waals surface area contributed by atoms with Gasteiger partial charge in [0.1, 0.15) is 0 Å². The number of halogens is 1. The van der Waals surface area contributed by atoms with E-state index in [1.54, 1.807) is 11.8 Å². The molecular weight excluding hydrogens is 392 g/mol. The molecule has 3 aromatic rings. The van der Waals surface area contributed by atoms with Gasteiger partial charge in [-0.15, -0.1) is 10.2 Å². The number of hydrogen-bond acceptors (Lipinski definition) is 6. The second-order valence-corrected chi connectivity index (χ2v) is 8.23. The van der Waals surface area contributed by atoms with Gasteiger partial charge in [0.25, 0.3) is 5.22 Å². The molecule has 5 nitrogen and oxygen atoms in total. The number of para-hydroxylation sites is 1. The molecule has 0 atom stereocenters. The monoisotopic (exact) mass is 414 g/mol. The molecule has 1 saturated heterocycles. The molecule has 1 fully saturated rings. The largest absolute Gasteiger partial charge is 0.411 e. The number of rotatable bonds is 7. The van der Waals surface area contributed by atoms with Crippen LogP contribution in [0.4, 0.5) is 5.69 Å². The van der Waals surface area contributed by atoms with Crippen LogP contribution >= 0.6 is 23.4 Å². The van der Waals surface area contributed by atoms with E-state index in [4.69, 9.17) is 16.0 Å². The van der Waals surface area contributed by atoms with Gasteiger partial charge in [-0.2, -0.15) is 0 Å². The summed E-state index contributed by atoms with van der Waals surface area (Å²) >= 11 is 7.54. The lowest BCUT2D eigenvalue weighted by atomic mass is 10.2. The number of piperazine rings is 1. The Morgan fingerprint density at radius 2 is 1.68 bits per heavy atom. The van der Waals surface area contributed by atoms with E-state index in [0.29, 0.717) is 16.1 Å². The van der Waals surface area contributed by atoms with Crippen molar-refractivity contribution in [3.63, 3.8) is 0 Å². The number of hydrogen-bond donors (Lipinski definition) is 0. The molecular formula is C21H23ClN4OS. The molecule has 0 spiro atoms. The van der Waals surface area contributed by atoms with E-state index in [0.717, 1.165) is 50.5 Å². The zero-order valence-corrected chi connectivity index (χ0v) is 17.2. The van der Waals surface area contributed by atoms with Crippen LogP contribution in [-0.4, -0.2) is 53.6 Å². The van der Waals surface area contributed by atoms with Crippen LogP contribution in [0.5, 0.6) is 0 Å². The zero-order chi connectivity index (χ0) is 19.2. The van der Waals surface area contributed by atoms with Gasteiger partial charge in [-0.25, -0.2) is 0 Å². The molecule has 2 aromatic carbocycles. The maximum absolute atomic E-state index is 5.91. The van der Waals surface area contributed by atoms with Crippen molar-refractivity contribution in [3.05, 3.63) is 59.6 Å². The van der Waals surface area contributed by atoms with E-state index >= 15 is 0 Å². The Balaban J connectivity index is 1.17. The lowest BCUT2D eigenvalue weighted by Gasteiger charge is -2.36. The summed E-state index contributed by atoms with van der Waals surface area (Å²) in [5, 5.41) is 9.58. The summed E-state index contributed by atoms with van der Waals surface area (Å²) in [4.78, 5) is 4.99. The van der Waals surface area contributed by atoms with Gasteiger partial charge in [-0.3, -0.25) is 4.90 Å². The van der Waals surface area contributed by atoms with E-state index < -0.39 is 0 Å². The normalized spacial score (nSPS) is 15.1. The Morgan fingerprint density at radius 3 is 2.43 bits per heavy atom. The summed E-state index contributed by atoms with van der Waals surface area (Å²) in [5.41, 5.74) is 2.21. The van der Waals surface area contributed by atoms with Crippen molar-refractivity contribution in [3.8, 4) is 11.5 Å². The van der Waals surface area contributed by atoms with E-state index in [1.807, 2.05) is 24.3 Å². The van der Waals surface area contributed by atoms with Gasteiger partial charge in [0, 0.05) is 48.2 Å². The van der Waals surface area contributed by atoms with E-state index in [9.17, 15) is 0 Å². The standard InChI is InChI=1S/C21H23ClN4OS/c22-18-9-7-17(8-10-18)20-23-24-21(27-20)28-16-4-11-25-12-14-26(15-13-25)19-5-2-1-3-6-19/h1-3,5-10H,4,11-16H2. The van der Waals surface area contributed by atoms with Gasteiger partial charge in [0.05, 0.1) is 0 Å². The zero-order valence-electron chi connectivity index (χ0n) is 15.6. The summed E-state index contributed by atoms with van der Waals surface area (Å²) < 4.78 is 5.74. The summed E-state index contributed by atoms with van der Waals surface area (Å²) in [6.07, 6.45) is 1.11. The first-order chi connectivity index (χ1) is 13.8. The topological polar surface area (TPSA) is 45.4 Å². The fourth-order valence-electron chi connectivity index (χ4n) is 3.29. The van der Waals surface area contributed by atoms with Crippen molar-refractivity contribution < 1.29 is 4.42 Å². The molecule has 0 bridgehead atoms. The third-order valence-electron chi connectivity index (χ3n) is 4.84. The molecule has 1 aliphatic rings. The molecule has 28 heavy (non-hydrogen) atoms. The highest BCUT2D eigenvalue weighted by molar-refractivity contribution is 7.99. The maximum Gasteiger partial charge on any atom is 0.276 e. The Morgan fingerprint density at radius 1 is 0.929 bits per heavy atom. The molecule has 2 heterocycles. The first-order valence-electron chi connectivity index (χ1n) is 9.52. The minimum atomic E-state index is 0.538. The Kier molecular flexibility index (Phi) is 6.52. The molecule has 1 aliphatic heterocycles. The molecule has 1 aromatic heterocycles. The fourth-order valence-corrected chi connectivity index (χ4v) is 4.10. The second kappa shape index (κ2) is 9.45. The van der Waals surface area contributed by atoms with Crippen molar-refractivity contribution in [2.45, 2.75) is 11.6 Å². The maximum atomic E-state index is 5.91. The van der Waals surface area contributed by atoms with Crippen molar-refractivity contribution in [1.82, 2.24) is 15.1 Å². The summed E-state index contributed by atoms with van der Waals surface area (Å²) in [5.74, 6) is 1.51. The minimum Gasteiger partial charge on any atom is -0.411 e. The average Bonchev–Trinajstić information content (AvgIpc) is 3.22. The molecule has 7 heteroatoms. The number of nitrogens with zero attached hydrogens (tertiary/aromatic N) is 4. The van der Waals surface area contributed by atoms with Crippen LogP contribution in [-0.2, 0) is 0 Å². The van der Waals surface area contributed by atoms with Gasteiger partial charge < -0.3 is 9.32 Å². The molecule has 0 unspecified atom stereocenters. The summed E-state index contributed by atoms with van der Waals surface area (Å²) in [7, 11) is 0. The number of benzene rings is 2. The molecule has 0 radical (unpaired) electrons. The summed E-state index contributed by atoms with van der Waals surface area (Å²) in [6, 6.07) is 18.1. The van der Waals surface area contributed by atoms with Crippen LogP contribution in [0.1, 0.15) is 6.42 Å². The van der Waals surface area contributed by atoms with Crippen molar-refractivity contribution in [1.29, 1.82) is 0 Å². The van der Waals surface area contributed by atoms with Gasteiger partial charge in [-0.1, -0.05) is 41.6 Å². The molecule has 146 valence electrons. The average molecular weight is 415 g/mol. The van der Waals surface area contributed by atoms with Crippen LogP contribution in [0.15, 0.2) is 64.2 Å². The van der Waals surface area contributed by atoms with Crippen LogP contribution < -0.4 is 4.90 Å². The first-order valence-corrected chi connectivity index (χ1v) is 10.9. The Hall–Kier alpha value is -2.02. The van der Waals surface area contributed by atoms with Gasteiger partial charge in [0.2, 0.25) is 5.89 Å². The van der Waals surface area contributed by atoms with Crippen LogP contribution in [0.25, 0.3) is 11.5 Å². The van der Waals surface area contributed by atoms with Gasteiger partial charge in [0.15, 0.2) is 0 Å². The SMILES string of the molecule is Clc1ccc(-c2nnc(SCCCN3CCN(c4ccccc4)CC3)o2)cc1. The van der Waals surface area contributed by atoms with Crippen LogP contribution in [0.3, 0.4) is 0 Å². The van der Waals surface area contributed by atoms with Crippen molar-refractivity contribution in [2.24, 2.45) is 0 Å². The molecule has 4 rings (SSSR count). The Bertz CT molecular complexity index is 864. The number of thioether (sulfide) groups is 1. The lowest BCUT2D eigenvalue weighted by Crippen LogP contribution is -2.46. The quantitative estimate of drug-likeness (QED) is 0.412. The smallest absolute Gasteiger partial charge is 0.276 e. The number of anilines is 1. The van der Waals surface area contributed by atoms with E-state index in [1.165, 1.54) is 5.69 Å². The molecule has 0 aliphatic carbocycles. The number of aromatic nitrogens is 2. The third-order valence-corrected chi connectivity index (χ3v) is 5.99. The van der Waals surface area contributed by atoms with Crippen LogP contribution in [0.2, 0.25) is 5.02 Å². The molecule has 0 saturated carbocycles. The second-order valence-electron chi connectivity index (χ2n) is 6.75. The highest BCUT2D eigenvalue weighted by atomic mass is 35.5. The highest BCUT2D eigenvalue weighted by Crippen LogP contribution is 2.25. The van der Waals surface area contributed by atoms with Crippen molar-refractivity contribution in [2.75, 3.05) is 43.4 Å².